The van der Waals surface area contributed by atoms with Crippen LogP contribution in [0, 0.1) is 23.7 Å². The smallest absolute Gasteiger partial charge is 0.128 e. The van der Waals surface area contributed by atoms with Gasteiger partial charge in [-0.25, -0.2) is 4.98 Å². The van der Waals surface area contributed by atoms with Crippen molar-refractivity contribution < 1.29 is 0 Å². The Hall–Kier alpha value is -0.760. The number of halogens is 1. The molecule has 2 unspecified atom stereocenters. The lowest BCUT2D eigenvalue weighted by Gasteiger charge is -2.21. The topological polar surface area (TPSA) is 16.1 Å². The first kappa shape index (κ1) is 17.3. The zero-order chi connectivity index (χ0) is 15.3. The van der Waals surface area contributed by atoms with Gasteiger partial charge in [-0.2, -0.15) is 0 Å². The lowest BCUT2D eigenvalue weighted by molar-refractivity contribution is 0.479. The van der Waals surface area contributed by atoms with E-state index in [-0.39, 0.29) is 0 Å². The third kappa shape index (κ3) is 3.66. The zero-order valence-corrected chi connectivity index (χ0v) is 14.5. The van der Waals surface area contributed by atoms with E-state index in [2.05, 4.69) is 23.7 Å². The van der Waals surface area contributed by atoms with Crippen molar-refractivity contribution in [1.82, 2.24) is 4.98 Å². The van der Waals surface area contributed by atoms with Crippen molar-refractivity contribution >= 4 is 17.4 Å². The third-order valence-electron chi connectivity index (χ3n) is 4.07. The summed E-state index contributed by atoms with van der Waals surface area (Å²) < 4.78 is 0. The fourth-order valence-electron chi connectivity index (χ4n) is 3.30. The highest BCUT2D eigenvalue weighted by molar-refractivity contribution is 6.30. The van der Waals surface area contributed by atoms with Crippen LogP contribution in [0.5, 0.6) is 0 Å². The summed E-state index contributed by atoms with van der Waals surface area (Å²) in [5.74, 6) is 4.72. The molecule has 1 saturated carbocycles. The van der Waals surface area contributed by atoms with Gasteiger partial charge in [0, 0.05) is 19.3 Å². The van der Waals surface area contributed by atoms with Gasteiger partial charge in [-0.1, -0.05) is 53.1 Å². The molecule has 1 aliphatic heterocycles. The van der Waals surface area contributed by atoms with Crippen molar-refractivity contribution in [1.29, 1.82) is 0 Å². The van der Waals surface area contributed by atoms with Crippen molar-refractivity contribution in [3.8, 4) is 0 Å². The quantitative estimate of drug-likeness (QED) is 0.752. The standard InChI is InChI=1S/C13H17ClN2.2C2H6/c1-8(2)13-10-6-16(7-11(10)13)12-4-3-9(14)5-15-12;2*1-2/h3-5,8,10-11,13H,6-7H2,1-2H3;2*1-2H3. The van der Waals surface area contributed by atoms with E-state index in [0.29, 0.717) is 5.02 Å². The molecular formula is C17H29ClN2. The molecule has 1 aromatic rings. The first-order chi connectivity index (χ1) is 9.66. The van der Waals surface area contributed by atoms with Gasteiger partial charge in [-0.05, 0) is 35.8 Å². The van der Waals surface area contributed by atoms with E-state index >= 15 is 0 Å². The molecule has 2 aliphatic rings. The first-order valence-corrected chi connectivity index (χ1v) is 8.41. The summed E-state index contributed by atoms with van der Waals surface area (Å²) in [4.78, 5) is 6.77. The molecule has 2 fully saturated rings. The summed E-state index contributed by atoms with van der Waals surface area (Å²) in [7, 11) is 0. The van der Waals surface area contributed by atoms with Crippen LogP contribution in [0.2, 0.25) is 5.02 Å². The van der Waals surface area contributed by atoms with E-state index in [0.717, 1.165) is 29.5 Å². The minimum atomic E-state index is 0.716. The largest absolute Gasteiger partial charge is 0.356 e. The molecule has 3 rings (SSSR count). The minimum Gasteiger partial charge on any atom is -0.356 e. The Labute approximate surface area is 129 Å². The van der Waals surface area contributed by atoms with Crippen LogP contribution in [0.15, 0.2) is 18.3 Å². The number of piperidine rings is 1. The van der Waals surface area contributed by atoms with Crippen molar-refractivity contribution in [3.63, 3.8) is 0 Å². The Kier molecular flexibility index (Phi) is 6.81. The minimum absolute atomic E-state index is 0.716. The number of pyridine rings is 1. The van der Waals surface area contributed by atoms with E-state index in [1.54, 1.807) is 6.20 Å². The highest BCUT2D eigenvalue weighted by Crippen LogP contribution is 2.55. The molecule has 2 nitrogen and oxygen atoms in total. The lowest BCUT2D eigenvalue weighted by atomic mass is 10.0. The number of aromatic nitrogens is 1. The Morgan fingerprint density at radius 1 is 1.10 bits per heavy atom. The molecule has 0 N–H and O–H groups in total. The molecule has 1 saturated heterocycles. The predicted octanol–water partition coefficient (Wildman–Crippen LogP) is 5.13. The van der Waals surface area contributed by atoms with Crippen molar-refractivity contribution in [2.45, 2.75) is 41.5 Å². The maximum Gasteiger partial charge on any atom is 0.128 e. The average molecular weight is 297 g/mol. The number of hydrogen-bond donors (Lipinski definition) is 0. The molecule has 2 heterocycles. The maximum atomic E-state index is 5.84. The van der Waals surface area contributed by atoms with Crippen molar-refractivity contribution in [2.75, 3.05) is 18.0 Å². The van der Waals surface area contributed by atoms with Gasteiger partial charge in [0.2, 0.25) is 0 Å². The Balaban J connectivity index is 0.000000461. The van der Waals surface area contributed by atoms with Crippen LogP contribution in [-0.4, -0.2) is 18.1 Å². The fourth-order valence-corrected chi connectivity index (χ4v) is 3.42. The molecule has 0 aromatic carbocycles. The van der Waals surface area contributed by atoms with Gasteiger partial charge in [0.05, 0.1) is 5.02 Å². The normalized spacial score (nSPS) is 26.2. The molecule has 114 valence electrons. The summed E-state index contributed by atoms with van der Waals surface area (Å²) in [6.07, 6.45) is 1.74. The number of anilines is 1. The number of rotatable bonds is 2. The van der Waals surface area contributed by atoms with Crippen LogP contribution >= 0.6 is 11.6 Å². The zero-order valence-electron chi connectivity index (χ0n) is 13.7. The second kappa shape index (κ2) is 7.87. The summed E-state index contributed by atoms with van der Waals surface area (Å²) in [6, 6.07) is 3.95. The molecule has 2 atom stereocenters. The lowest BCUT2D eigenvalue weighted by Crippen LogP contribution is -2.25. The second-order valence-corrected chi connectivity index (χ2v) is 5.83. The molecular weight excluding hydrogens is 268 g/mol. The maximum absolute atomic E-state index is 5.84. The van der Waals surface area contributed by atoms with Gasteiger partial charge in [-0.15, -0.1) is 0 Å². The molecule has 0 spiro atoms. The van der Waals surface area contributed by atoms with E-state index in [1.807, 2.05) is 39.8 Å². The summed E-state index contributed by atoms with van der Waals surface area (Å²) >= 11 is 5.84. The van der Waals surface area contributed by atoms with E-state index < -0.39 is 0 Å². The highest BCUT2D eigenvalue weighted by Gasteiger charge is 2.56. The molecule has 3 heteroatoms. The molecule has 20 heavy (non-hydrogen) atoms. The van der Waals surface area contributed by atoms with E-state index in [9.17, 15) is 0 Å². The second-order valence-electron chi connectivity index (χ2n) is 5.39. The average Bonchev–Trinajstić information content (AvgIpc) is 3.00. The van der Waals surface area contributed by atoms with Gasteiger partial charge in [0.15, 0.2) is 0 Å². The number of hydrogen-bond acceptors (Lipinski definition) is 2. The Morgan fingerprint density at radius 2 is 1.65 bits per heavy atom. The molecule has 1 aliphatic carbocycles. The number of nitrogens with zero attached hydrogens (tertiary/aromatic N) is 2. The van der Waals surface area contributed by atoms with Gasteiger partial charge < -0.3 is 4.90 Å². The van der Waals surface area contributed by atoms with Gasteiger partial charge in [-0.3, -0.25) is 0 Å². The van der Waals surface area contributed by atoms with Crippen LogP contribution in [0.1, 0.15) is 41.5 Å². The number of fused-ring (bicyclic) bond motifs is 1. The molecule has 0 bridgehead atoms. The predicted molar refractivity (Wildman–Crippen MR) is 89.5 cm³/mol. The van der Waals surface area contributed by atoms with Crippen LogP contribution < -0.4 is 4.90 Å². The van der Waals surface area contributed by atoms with Crippen LogP contribution in [0.3, 0.4) is 0 Å². The van der Waals surface area contributed by atoms with E-state index in [1.165, 1.54) is 13.1 Å². The van der Waals surface area contributed by atoms with Gasteiger partial charge >= 0.3 is 0 Å². The highest BCUT2D eigenvalue weighted by atomic mass is 35.5. The van der Waals surface area contributed by atoms with Crippen LogP contribution in [0.4, 0.5) is 5.82 Å². The molecule has 0 amide bonds. The summed E-state index contributed by atoms with van der Waals surface area (Å²) in [5, 5.41) is 0.716. The fraction of sp³-hybridized carbons (Fsp3) is 0.706. The van der Waals surface area contributed by atoms with Crippen molar-refractivity contribution in [3.05, 3.63) is 23.4 Å². The first-order valence-electron chi connectivity index (χ1n) is 8.03. The Bertz CT molecular complexity index is 376. The Morgan fingerprint density at radius 3 is 2.05 bits per heavy atom. The van der Waals surface area contributed by atoms with Gasteiger partial charge in [0.1, 0.15) is 5.82 Å². The summed E-state index contributed by atoms with van der Waals surface area (Å²) in [6.45, 7) is 15.0. The SMILES string of the molecule is CC.CC.CC(C)C1C2CN(c3ccc(Cl)cn3)CC21. The van der Waals surface area contributed by atoms with Crippen molar-refractivity contribution in [2.24, 2.45) is 23.7 Å². The summed E-state index contributed by atoms with van der Waals surface area (Å²) in [5.41, 5.74) is 0. The van der Waals surface area contributed by atoms with Gasteiger partial charge in [0.25, 0.3) is 0 Å². The molecule has 1 aromatic heterocycles. The van der Waals surface area contributed by atoms with Crippen LogP contribution in [-0.2, 0) is 0 Å². The molecule has 0 radical (unpaired) electrons. The third-order valence-corrected chi connectivity index (χ3v) is 4.29. The van der Waals surface area contributed by atoms with Crippen LogP contribution in [0.25, 0.3) is 0 Å². The van der Waals surface area contributed by atoms with E-state index in [4.69, 9.17) is 11.6 Å². The monoisotopic (exact) mass is 296 g/mol.